The Kier molecular flexibility index (Phi) is 20.2. The lowest BCUT2D eigenvalue weighted by Gasteiger charge is -2.43. The van der Waals surface area contributed by atoms with Gasteiger partial charge in [0.15, 0.2) is 5.78 Å². The molecule has 0 spiro atoms. The molecule has 1 amide bonds. The Hall–Kier alpha value is -4.13. The first kappa shape index (κ1) is 57.2. The summed E-state index contributed by atoms with van der Waals surface area (Å²) in [5.74, 6) is -9.14. The number of ketones is 3. The van der Waals surface area contributed by atoms with Crippen LogP contribution in [0.5, 0.6) is 0 Å². The summed E-state index contributed by atoms with van der Waals surface area (Å²) in [6.45, 7) is 12.7. The summed E-state index contributed by atoms with van der Waals surface area (Å²) < 4.78 is 30.0. The summed E-state index contributed by atoms with van der Waals surface area (Å²) in [5.41, 5.74) is 1.98. The standard InChI is InChI=1S/C56H82N2O14/c1-32-27-35(4)49(61)52(69-10)50(62)36(5)28-33(2)46(60)31-48(38(7)42-19-16-21-45(59)51(42)68-9)70-55(65)44-20-14-15-26-57(44)54(64)53(63)56(66)37(6)22-23-40(71-56)30-47(67-8)34(3)29-41-24-25-43(32)58(72-41)39-17-12-11-13-18-39/h11-13,17-18,24-25,28-29,32-33,35,37-38,40-45,47-48,50-52,59,62,66H,14-16,19-23,26-27,30-31H2,1-10H3/b34-29?,36-28+. The van der Waals surface area contributed by atoms with Gasteiger partial charge in [-0.1, -0.05) is 77.5 Å². The minimum atomic E-state index is -2.48. The van der Waals surface area contributed by atoms with Crippen molar-refractivity contribution < 1.29 is 67.8 Å². The van der Waals surface area contributed by atoms with E-state index in [1.54, 1.807) is 34.0 Å². The fraction of sp³-hybridized carbons (Fsp3) is 0.696. The predicted molar refractivity (Wildman–Crippen MR) is 269 cm³/mol. The highest BCUT2D eigenvalue weighted by molar-refractivity contribution is 6.39. The van der Waals surface area contributed by atoms with Gasteiger partial charge in [-0.05, 0) is 112 Å². The molecule has 3 fully saturated rings. The van der Waals surface area contributed by atoms with Crippen LogP contribution >= 0.6 is 0 Å². The molecule has 1 saturated carbocycles. The molecule has 7 rings (SSSR count). The number of para-hydroxylation sites is 1. The lowest BCUT2D eigenvalue weighted by Crippen LogP contribution is -2.61. The molecule has 1 aliphatic carbocycles. The highest BCUT2D eigenvalue weighted by Crippen LogP contribution is 2.39. The molecule has 17 atom stereocenters. The Morgan fingerprint density at radius 2 is 1.53 bits per heavy atom. The number of aliphatic hydroxyl groups excluding tert-OH is 2. The number of fused-ring (bicyclic) bond motifs is 16. The summed E-state index contributed by atoms with van der Waals surface area (Å²) in [5, 5.41) is 36.7. The van der Waals surface area contributed by atoms with Crippen LogP contribution in [0.1, 0.15) is 119 Å². The number of ether oxygens (including phenoxy) is 5. The third-order valence-electron chi connectivity index (χ3n) is 16.3. The minimum absolute atomic E-state index is 0.0555. The predicted octanol–water partition coefficient (Wildman–Crippen LogP) is 6.42. The zero-order valence-electron chi connectivity index (χ0n) is 44.1. The Morgan fingerprint density at radius 3 is 2.21 bits per heavy atom. The number of methoxy groups -OCH3 is 3. The van der Waals surface area contributed by atoms with E-state index in [1.165, 1.54) is 19.1 Å². The molecule has 4 bridgehead atoms. The lowest BCUT2D eigenvalue weighted by molar-refractivity contribution is -0.265. The molecular formula is C56H82N2O14. The fourth-order valence-electron chi connectivity index (χ4n) is 11.7. The second kappa shape index (κ2) is 25.4. The molecular weight excluding hydrogens is 925 g/mol. The van der Waals surface area contributed by atoms with E-state index in [1.807, 2.05) is 75.2 Å². The molecule has 2 saturated heterocycles. The average molecular weight is 1010 g/mol. The average Bonchev–Trinajstić information content (AvgIpc) is 3.37. The summed E-state index contributed by atoms with van der Waals surface area (Å²) in [7, 11) is 4.47. The van der Waals surface area contributed by atoms with E-state index in [2.05, 4.69) is 6.08 Å². The topological polar surface area (TPSA) is 208 Å². The second-order valence-electron chi connectivity index (χ2n) is 21.4. The smallest absolute Gasteiger partial charge is 0.329 e. The van der Waals surface area contributed by atoms with Crippen LogP contribution in [0.2, 0.25) is 0 Å². The van der Waals surface area contributed by atoms with E-state index in [0.717, 1.165) is 11.3 Å². The van der Waals surface area contributed by atoms with Crippen LogP contribution < -0.4 is 5.06 Å². The number of rotatable bonds is 6. The third-order valence-corrected chi connectivity index (χ3v) is 16.3. The van der Waals surface area contributed by atoms with E-state index in [9.17, 15) is 39.3 Å². The molecule has 16 nitrogen and oxygen atoms in total. The van der Waals surface area contributed by atoms with Crippen molar-refractivity contribution in [1.82, 2.24) is 4.90 Å². The van der Waals surface area contributed by atoms with Crippen LogP contribution in [-0.2, 0) is 52.5 Å². The minimum Gasteiger partial charge on any atom is -0.460 e. The molecule has 5 aliphatic heterocycles. The van der Waals surface area contributed by atoms with Crippen molar-refractivity contribution in [2.24, 2.45) is 35.5 Å². The van der Waals surface area contributed by atoms with Gasteiger partial charge in [0.1, 0.15) is 36.2 Å². The van der Waals surface area contributed by atoms with Gasteiger partial charge in [-0.3, -0.25) is 24.0 Å². The molecule has 72 heavy (non-hydrogen) atoms. The number of esters is 1. The number of piperidine rings is 1. The van der Waals surface area contributed by atoms with Gasteiger partial charge in [0, 0.05) is 58.5 Å². The van der Waals surface area contributed by atoms with Gasteiger partial charge in [0.05, 0.1) is 36.1 Å². The Labute approximate surface area is 426 Å². The van der Waals surface area contributed by atoms with Crippen LogP contribution in [-0.4, -0.2) is 144 Å². The van der Waals surface area contributed by atoms with Crippen LogP contribution in [0.3, 0.4) is 0 Å². The van der Waals surface area contributed by atoms with Crippen molar-refractivity contribution in [3.63, 3.8) is 0 Å². The maximum Gasteiger partial charge on any atom is 0.329 e. The van der Waals surface area contributed by atoms with Crippen LogP contribution in [0.15, 0.2) is 65.8 Å². The van der Waals surface area contributed by atoms with Crippen LogP contribution in [0.25, 0.3) is 0 Å². The van der Waals surface area contributed by atoms with E-state index in [0.29, 0.717) is 56.9 Å². The van der Waals surface area contributed by atoms with Gasteiger partial charge >= 0.3 is 5.97 Å². The Bertz CT molecular complexity index is 2130. The van der Waals surface area contributed by atoms with Gasteiger partial charge in [-0.15, -0.1) is 0 Å². The number of hydrogen-bond acceptors (Lipinski definition) is 15. The largest absolute Gasteiger partial charge is 0.460 e. The molecule has 1 aromatic rings. The normalized spacial score (nSPS) is 38.9. The van der Waals surface area contributed by atoms with Crippen LogP contribution in [0.4, 0.5) is 5.69 Å². The van der Waals surface area contributed by atoms with Crippen LogP contribution in [0, 0.1) is 35.5 Å². The lowest BCUT2D eigenvalue weighted by atomic mass is 9.74. The Balaban J connectivity index is 1.37. The quantitative estimate of drug-likeness (QED) is 0.160. The summed E-state index contributed by atoms with van der Waals surface area (Å²) >= 11 is 0. The number of nitrogens with zero attached hydrogens (tertiary/aromatic N) is 2. The number of anilines is 1. The van der Waals surface area contributed by atoms with Gasteiger partial charge in [0.2, 0.25) is 5.79 Å². The Morgan fingerprint density at radius 1 is 0.806 bits per heavy atom. The van der Waals surface area contributed by atoms with Gasteiger partial charge in [-0.25, -0.2) is 9.86 Å². The van der Waals surface area contributed by atoms with E-state index in [4.69, 9.17) is 28.5 Å². The second-order valence-corrected chi connectivity index (χ2v) is 21.4. The molecule has 6 aliphatic rings. The highest BCUT2D eigenvalue weighted by Gasteiger charge is 2.53. The molecule has 0 radical (unpaired) electrons. The first-order valence-corrected chi connectivity index (χ1v) is 26.3. The van der Waals surface area contributed by atoms with Crippen molar-refractivity contribution in [3.8, 4) is 0 Å². The number of hydroxylamine groups is 1. The van der Waals surface area contributed by atoms with E-state index >= 15 is 0 Å². The van der Waals surface area contributed by atoms with Gasteiger partial charge < -0.3 is 43.9 Å². The summed E-state index contributed by atoms with van der Waals surface area (Å²) in [6, 6.07) is 8.19. The SMILES string of the molecule is COC1CC2CCC(C)C(O)(O2)C(=O)C(=O)N2CCCCC2C(=O)OC(C(C)C2CCCC(O)C2OC)CC(=O)C(C)/C=C(\C)C(O)C(OC)C(=O)C(C)CC(C)C2C=CC(C=C1C)ON2c1ccccc1. The third kappa shape index (κ3) is 13.0. The zero-order valence-corrected chi connectivity index (χ0v) is 44.1. The van der Waals surface area contributed by atoms with Crippen molar-refractivity contribution in [1.29, 1.82) is 0 Å². The molecule has 17 unspecified atom stereocenters. The molecule has 5 heterocycles. The molecule has 3 N–H and O–H groups in total. The maximum absolute atomic E-state index is 14.5. The highest BCUT2D eigenvalue weighted by atomic mass is 16.7. The summed E-state index contributed by atoms with van der Waals surface area (Å²) in [6.07, 6.45) is 5.26. The number of benzene rings is 1. The van der Waals surface area contributed by atoms with Crippen molar-refractivity contribution in [2.75, 3.05) is 32.9 Å². The number of allylic oxidation sites excluding steroid dienone is 1. The first-order valence-electron chi connectivity index (χ1n) is 26.3. The number of carbonyl (C=O) groups is 5. The fourth-order valence-corrected chi connectivity index (χ4v) is 11.7. The number of carbonyl (C=O) groups excluding carboxylic acids is 5. The molecule has 0 aromatic heterocycles. The van der Waals surface area contributed by atoms with Gasteiger partial charge in [-0.2, -0.15) is 0 Å². The van der Waals surface area contributed by atoms with Crippen molar-refractivity contribution in [2.45, 2.75) is 186 Å². The number of Topliss-reactive ketones (excluding diaryl/α,β-unsaturated/α-hetero) is 3. The number of aliphatic hydroxyl groups is 3. The van der Waals surface area contributed by atoms with Gasteiger partial charge in [0.25, 0.3) is 11.7 Å². The van der Waals surface area contributed by atoms with E-state index < -0.39 is 102 Å². The number of amides is 1. The van der Waals surface area contributed by atoms with Crippen molar-refractivity contribution in [3.05, 3.63) is 65.8 Å². The zero-order chi connectivity index (χ0) is 52.6. The van der Waals surface area contributed by atoms with E-state index in [-0.39, 0.29) is 55.3 Å². The maximum atomic E-state index is 14.5. The van der Waals surface area contributed by atoms with Crippen molar-refractivity contribution >= 4 is 34.9 Å². The molecule has 1 aromatic carbocycles. The number of hydrogen-bond donors (Lipinski definition) is 3. The molecule has 16 heteroatoms. The summed E-state index contributed by atoms with van der Waals surface area (Å²) in [4.78, 5) is 79.8. The monoisotopic (exact) mass is 1010 g/mol. The first-order chi connectivity index (χ1) is 34.2. The molecule has 400 valence electrons.